The van der Waals surface area contributed by atoms with Gasteiger partial charge in [0.15, 0.2) is 0 Å². The number of carboxylic acids is 1. The molecule has 0 aliphatic heterocycles. The molecule has 2 rings (SSSR count). The molecule has 0 unspecified atom stereocenters. The molecule has 2 aromatic rings. The van der Waals surface area contributed by atoms with E-state index in [-0.39, 0.29) is 5.56 Å². The van der Waals surface area contributed by atoms with Crippen LogP contribution in [0.4, 0.5) is 4.39 Å². The lowest BCUT2D eigenvalue weighted by atomic mass is 10.1. The highest BCUT2D eigenvalue weighted by molar-refractivity contribution is 6.31. The Labute approximate surface area is 127 Å². The minimum atomic E-state index is -1.13. The van der Waals surface area contributed by atoms with E-state index < -0.39 is 11.8 Å². The normalized spacial score (nSPS) is 10.9. The summed E-state index contributed by atoms with van der Waals surface area (Å²) in [6.07, 6.45) is 0. The summed E-state index contributed by atoms with van der Waals surface area (Å²) >= 11 is 6.10. The van der Waals surface area contributed by atoms with Gasteiger partial charge in [0, 0.05) is 18.1 Å². The number of halogens is 2. The molecule has 0 aliphatic rings. The number of benzene rings is 2. The standard InChI is InChI=1S/C16H15ClFNO2/c1-19(10-12-4-2-3-5-15(12)17)9-11-6-13(16(20)21)8-14(18)7-11/h2-8H,9-10H2,1H3,(H,20,21). The average Bonchev–Trinajstić information content (AvgIpc) is 2.40. The second kappa shape index (κ2) is 6.70. The summed E-state index contributed by atoms with van der Waals surface area (Å²) in [5.74, 6) is -1.68. The molecule has 0 saturated carbocycles. The summed E-state index contributed by atoms with van der Waals surface area (Å²) in [6, 6.07) is 11.3. The minimum Gasteiger partial charge on any atom is -0.478 e. The predicted octanol–water partition coefficient (Wildman–Crippen LogP) is 3.81. The predicted molar refractivity (Wildman–Crippen MR) is 80.0 cm³/mol. The van der Waals surface area contributed by atoms with Crippen molar-refractivity contribution in [3.8, 4) is 0 Å². The van der Waals surface area contributed by atoms with Crippen molar-refractivity contribution < 1.29 is 14.3 Å². The first-order valence-corrected chi connectivity index (χ1v) is 6.78. The van der Waals surface area contributed by atoms with Gasteiger partial charge in [0.1, 0.15) is 5.82 Å². The number of nitrogens with zero attached hydrogens (tertiary/aromatic N) is 1. The van der Waals surface area contributed by atoms with E-state index >= 15 is 0 Å². The Morgan fingerprint density at radius 3 is 2.62 bits per heavy atom. The van der Waals surface area contributed by atoms with Gasteiger partial charge in [-0.05, 0) is 42.4 Å². The molecule has 0 fully saturated rings. The fraction of sp³-hybridized carbons (Fsp3) is 0.188. The van der Waals surface area contributed by atoms with E-state index in [1.54, 1.807) is 0 Å². The van der Waals surface area contributed by atoms with E-state index in [4.69, 9.17) is 16.7 Å². The van der Waals surface area contributed by atoms with Gasteiger partial charge >= 0.3 is 5.97 Å². The van der Waals surface area contributed by atoms with Crippen molar-refractivity contribution in [1.29, 1.82) is 0 Å². The van der Waals surface area contributed by atoms with Gasteiger partial charge in [-0.1, -0.05) is 29.8 Å². The van der Waals surface area contributed by atoms with Crippen LogP contribution in [0.5, 0.6) is 0 Å². The average molecular weight is 308 g/mol. The Bertz CT molecular complexity index is 660. The molecular formula is C16H15ClFNO2. The Kier molecular flexibility index (Phi) is 4.94. The van der Waals surface area contributed by atoms with Gasteiger partial charge in [0.05, 0.1) is 5.56 Å². The van der Waals surface area contributed by atoms with Crippen molar-refractivity contribution in [2.24, 2.45) is 0 Å². The van der Waals surface area contributed by atoms with Gasteiger partial charge in [-0.25, -0.2) is 9.18 Å². The van der Waals surface area contributed by atoms with E-state index in [1.165, 1.54) is 12.1 Å². The van der Waals surface area contributed by atoms with Crippen LogP contribution in [0, 0.1) is 5.82 Å². The van der Waals surface area contributed by atoms with E-state index in [2.05, 4.69) is 0 Å². The van der Waals surface area contributed by atoms with Crippen molar-refractivity contribution in [2.75, 3.05) is 7.05 Å². The van der Waals surface area contributed by atoms with E-state index in [9.17, 15) is 9.18 Å². The first-order valence-electron chi connectivity index (χ1n) is 6.40. The maximum Gasteiger partial charge on any atom is 0.335 e. The molecule has 3 nitrogen and oxygen atoms in total. The molecule has 0 heterocycles. The van der Waals surface area contributed by atoms with E-state index in [0.717, 1.165) is 11.6 Å². The van der Waals surface area contributed by atoms with Gasteiger partial charge < -0.3 is 5.11 Å². The molecule has 2 aromatic carbocycles. The molecule has 0 aromatic heterocycles. The van der Waals surface area contributed by atoms with Gasteiger partial charge in [-0.2, -0.15) is 0 Å². The lowest BCUT2D eigenvalue weighted by Gasteiger charge is -2.18. The minimum absolute atomic E-state index is 0.0452. The van der Waals surface area contributed by atoms with Crippen LogP contribution in [0.3, 0.4) is 0 Å². The zero-order valence-electron chi connectivity index (χ0n) is 11.5. The summed E-state index contributed by atoms with van der Waals surface area (Å²) in [4.78, 5) is 12.9. The van der Waals surface area contributed by atoms with E-state index in [0.29, 0.717) is 23.7 Å². The van der Waals surface area contributed by atoms with Crippen LogP contribution < -0.4 is 0 Å². The monoisotopic (exact) mass is 307 g/mol. The van der Waals surface area contributed by atoms with Crippen molar-refractivity contribution in [3.05, 3.63) is 70.0 Å². The van der Waals surface area contributed by atoms with Crippen LogP contribution in [0.1, 0.15) is 21.5 Å². The highest BCUT2D eigenvalue weighted by atomic mass is 35.5. The summed E-state index contributed by atoms with van der Waals surface area (Å²) in [5.41, 5.74) is 1.54. The topological polar surface area (TPSA) is 40.5 Å². The van der Waals surface area contributed by atoms with Crippen molar-refractivity contribution in [1.82, 2.24) is 4.90 Å². The Morgan fingerprint density at radius 1 is 1.24 bits per heavy atom. The molecule has 110 valence electrons. The van der Waals surface area contributed by atoms with Crippen LogP contribution in [0.25, 0.3) is 0 Å². The van der Waals surface area contributed by atoms with Crippen LogP contribution in [-0.4, -0.2) is 23.0 Å². The quantitative estimate of drug-likeness (QED) is 0.913. The number of rotatable bonds is 5. The van der Waals surface area contributed by atoms with Crippen molar-refractivity contribution in [3.63, 3.8) is 0 Å². The first kappa shape index (κ1) is 15.5. The summed E-state index contributed by atoms with van der Waals surface area (Å²) in [7, 11) is 1.87. The molecule has 21 heavy (non-hydrogen) atoms. The SMILES string of the molecule is CN(Cc1cc(F)cc(C(=O)O)c1)Cc1ccccc1Cl. The third kappa shape index (κ3) is 4.28. The Balaban J connectivity index is 2.11. The van der Waals surface area contributed by atoms with Crippen LogP contribution in [-0.2, 0) is 13.1 Å². The fourth-order valence-electron chi connectivity index (χ4n) is 2.15. The molecule has 1 N–H and O–H groups in total. The second-order valence-corrected chi connectivity index (χ2v) is 5.32. The summed E-state index contributed by atoms with van der Waals surface area (Å²) in [6.45, 7) is 1.03. The van der Waals surface area contributed by atoms with Crippen LogP contribution in [0.15, 0.2) is 42.5 Å². The molecular weight excluding hydrogens is 293 g/mol. The van der Waals surface area contributed by atoms with E-state index in [1.807, 2.05) is 36.2 Å². The van der Waals surface area contributed by atoms with Gasteiger partial charge in [0.2, 0.25) is 0 Å². The molecule has 0 spiro atoms. The number of aromatic carboxylic acids is 1. The summed E-state index contributed by atoms with van der Waals surface area (Å²) < 4.78 is 13.4. The van der Waals surface area contributed by atoms with Crippen LogP contribution in [0.2, 0.25) is 5.02 Å². The third-order valence-corrected chi connectivity index (χ3v) is 3.42. The molecule has 0 bridgehead atoms. The van der Waals surface area contributed by atoms with Crippen LogP contribution >= 0.6 is 11.6 Å². The number of hydrogen-bond donors (Lipinski definition) is 1. The van der Waals surface area contributed by atoms with Crippen molar-refractivity contribution >= 4 is 17.6 Å². The number of carboxylic acid groups (broad SMARTS) is 1. The summed E-state index contributed by atoms with van der Waals surface area (Å²) in [5, 5.41) is 9.62. The highest BCUT2D eigenvalue weighted by Crippen LogP contribution is 2.18. The highest BCUT2D eigenvalue weighted by Gasteiger charge is 2.10. The fourth-order valence-corrected chi connectivity index (χ4v) is 2.35. The zero-order valence-corrected chi connectivity index (χ0v) is 12.3. The van der Waals surface area contributed by atoms with Gasteiger partial charge in [-0.3, -0.25) is 4.90 Å². The van der Waals surface area contributed by atoms with Gasteiger partial charge in [-0.15, -0.1) is 0 Å². The number of hydrogen-bond acceptors (Lipinski definition) is 2. The molecule has 0 aliphatic carbocycles. The molecule has 0 radical (unpaired) electrons. The maximum absolute atomic E-state index is 13.4. The lowest BCUT2D eigenvalue weighted by Crippen LogP contribution is -2.18. The molecule has 5 heteroatoms. The molecule has 0 amide bonds. The Morgan fingerprint density at radius 2 is 1.95 bits per heavy atom. The lowest BCUT2D eigenvalue weighted by molar-refractivity contribution is 0.0696. The molecule has 0 saturated heterocycles. The second-order valence-electron chi connectivity index (χ2n) is 4.92. The molecule has 0 atom stereocenters. The Hall–Kier alpha value is -1.91. The maximum atomic E-state index is 13.4. The smallest absolute Gasteiger partial charge is 0.335 e. The first-order chi connectivity index (χ1) is 9.95. The third-order valence-electron chi connectivity index (χ3n) is 3.06. The van der Waals surface area contributed by atoms with Gasteiger partial charge in [0.25, 0.3) is 0 Å². The zero-order chi connectivity index (χ0) is 15.4. The number of carbonyl (C=O) groups is 1. The van der Waals surface area contributed by atoms with Crippen molar-refractivity contribution in [2.45, 2.75) is 13.1 Å². The largest absolute Gasteiger partial charge is 0.478 e.